The van der Waals surface area contributed by atoms with Crippen molar-refractivity contribution in [2.45, 2.75) is 37.7 Å². The van der Waals surface area contributed by atoms with Gasteiger partial charge in [0.15, 0.2) is 0 Å². The molecular weight excluding hydrogens is 670 g/mol. The SMILES string of the molecule is COc1cc(C(=O)NCC(c2cc3c(c(-c4ccc(C(F)(F)F)c(Cl)c4)n2)OCC3C)C(F)(F)F)cc2cn(C(F)F)nc12.NC=O. The second-order valence-electron chi connectivity index (χ2n) is 10.2. The molecule has 252 valence electrons. The fourth-order valence-electron chi connectivity index (χ4n) is 4.85. The number of amides is 2. The van der Waals surface area contributed by atoms with Gasteiger partial charge in [-0.3, -0.25) is 9.59 Å². The van der Waals surface area contributed by atoms with Crippen molar-refractivity contribution in [1.82, 2.24) is 20.1 Å². The van der Waals surface area contributed by atoms with E-state index in [0.717, 1.165) is 24.4 Å². The predicted octanol–water partition coefficient (Wildman–Crippen LogP) is 6.85. The van der Waals surface area contributed by atoms with Crippen LogP contribution < -0.4 is 20.5 Å². The molecule has 2 aromatic carbocycles. The molecule has 2 unspecified atom stereocenters. The van der Waals surface area contributed by atoms with Gasteiger partial charge < -0.3 is 20.5 Å². The number of halogens is 9. The van der Waals surface area contributed by atoms with Gasteiger partial charge >= 0.3 is 18.9 Å². The molecule has 1 aliphatic rings. The third-order valence-corrected chi connectivity index (χ3v) is 7.38. The normalized spacial score (nSPS) is 15.0. The number of hydrogen-bond acceptors (Lipinski definition) is 6. The monoisotopic (exact) mass is 693 g/mol. The van der Waals surface area contributed by atoms with Crippen LogP contribution in [0.1, 0.15) is 52.5 Å². The lowest BCUT2D eigenvalue weighted by molar-refractivity contribution is -0.149. The highest BCUT2D eigenvalue weighted by molar-refractivity contribution is 6.31. The van der Waals surface area contributed by atoms with Crippen LogP contribution in [0, 0.1) is 0 Å². The molecule has 2 aromatic heterocycles. The molecule has 4 aromatic rings. The Morgan fingerprint density at radius 3 is 2.45 bits per heavy atom. The van der Waals surface area contributed by atoms with Crippen molar-refractivity contribution in [2.24, 2.45) is 5.73 Å². The molecule has 0 spiro atoms. The molecular formula is C29H24ClF8N5O4. The van der Waals surface area contributed by atoms with Crippen LogP contribution in [0.3, 0.4) is 0 Å². The topological polar surface area (TPSA) is 121 Å². The second-order valence-corrected chi connectivity index (χ2v) is 10.6. The number of hydrogen-bond donors (Lipinski definition) is 2. The summed E-state index contributed by atoms with van der Waals surface area (Å²) >= 11 is 5.87. The van der Waals surface area contributed by atoms with E-state index in [9.17, 15) is 39.9 Å². The summed E-state index contributed by atoms with van der Waals surface area (Å²) in [6.45, 7) is -2.16. The number of carbonyl (C=O) groups is 2. The molecule has 1 aliphatic heterocycles. The van der Waals surface area contributed by atoms with Crippen LogP contribution in [0.2, 0.25) is 5.02 Å². The zero-order valence-corrected chi connectivity index (χ0v) is 25.0. The van der Waals surface area contributed by atoms with Gasteiger partial charge in [0.2, 0.25) is 6.41 Å². The van der Waals surface area contributed by atoms with Gasteiger partial charge in [-0.1, -0.05) is 24.6 Å². The van der Waals surface area contributed by atoms with E-state index in [-0.39, 0.29) is 58.2 Å². The van der Waals surface area contributed by atoms with E-state index < -0.39 is 53.6 Å². The highest BCUT2D eigenvalue weighted by atomic mass is 35.5. The fourth-order valence-corrected chi connectivity index (χ4v) is 5.14. The lowest BCUT2D eigenvalue weighted by Crippen LogP contribution is -2.35. The highest BCUT2D eigenvalue weighted by Crippen LogP contribution is 2.45. The third kappa shape index (κ3) is 7.50. The number of nitrogens with two attached hydrogens (primary N) is 1. The molecule has 5 rings (SSSR count). The lowest BCUT2D eigenvalue weighted by atomic mass is 9.95. The Hall–Kier alpha value is -4.67. The maximum absolute atomic E-state index is 14.4. The number of primary amides is 1. The van der Waals surface area contributed by atoms with E-state index >= 15 is 0 Å². The second kappa shape index (κ2) is 13.6. The van der Waals surface area contributed by atoms with Gasteiger partial charge in [0.1, 0.15) is 28.6 Å². The number of benzene rings is 2. The van der Waals surface area contributed by atoms with E-state index in [1.54, 1.807) is 6.92 Å². The number of carbonyl (C=O) groups excluding carboxylic acids is 2. The number of nitrogens with zero attached hydrogens (tertiary/aromatic N) is 3. The van der Waals surface area contributed by atoms with Crippen LogP contribution >= 0.6 is 11.6 Å². The Morgan fingerprint density at radius 2 is 1.87 bits per heavy atom. The minimum Gasteiger partial charge on any atom is -0.494 e. The first-order chi connectivity index (χ1) is 22.0. The van der Waals surface area contributed by atoms with Crippen LogP contribution in [0.25, 0.3) is 22.2 Å². The number of fused-ring (bicyclic) bond motifs is 2. The van der Waals surface area contributed by atoms with E-state index in [1.807, 2.05) is 0 Å². The first kappa shape index (κ1) is 35.2. The molecule has 2 atom stereocenters. The van der Waals surface area contributed by atoms with Gasteiger partial charge in [0.25, 0.3) is 5.91 Å². The van der Waals surface area contributed by atoms with E-state index in [0.29, 0.717) is 16.3 Å². The third-order valence-electron chi connectivity index (χ3n) is 7.07. The summed E-state index contributed by atoms with van der Waals surface area (Å²) in [4.78, 5) is 25.7. The molecule has 2 amide bonds. The smallest absolute Gasteiger partial charge is 0.417 e. The lowest BCUT2D eigenvalue weighted by Gasteiger charge is -2.22. The molecule has 0 saturated heterocycles. The largest absolute Gasteiger partial charge is 0.494 e. The first-order valence-corrected chi connectivity index (χ1v) is 13.8. The maximum atomic E-state index is 14.4. The van der Waals surface area contributed by atoms with Crippen LogP contribution in [0.5, 0.6) is 11.5 Å². The molecule has 3 N–H and O–H groups in total. The van der Waals surface area contributed by atoms with Crippen molar-refractivity contribution in [3.05, 3.63) is 70.0 Å². The summed E-state index contributed by atoms with van der Waals surface area (Å²) in [6.07, 6.45) is -8.47. The maximum Gasteiger partial charge on any atom is 0.417 e. The Kier molecular flexibility index (Phi) is 10.2. The van der Waals surface area contributed by atoms with Gasteiger partial charge in [-0.25, -0.2) is 9.67 Å². The average molecular weight is 694 g/mol. The van der Waals surface area contributed by atoms with Gasteiger partial charge in [-0.2, -0.15) is 40.2 Å². The minimum absolute atomic E-state index is 0.00454. The summed E-state index contributed by atoms with van der Waals surface area (Å²) in [6, 6.07) is 6.22. The standard InChI is InChI=1S/C28H21ClF8N4O3.CH3NO/c1-12-11-44-24-16(12)8-20(39-23(24)13-3-4-17(19(29)6-13)27(32,33)34)18(28(35,36)37)9-38-25(42)14-5-15-10-41(26(30)31)40-22(15)21(7-14)43-2;2-1-3/h3-8,10,12,18,26H,9,11H2,1-2H3,(H,38,42);1H,(H2,2,3). The quantitative estimate of drug-likeness (QED) is 0.161. The van der Waals surface area contributed by atoms with Crippen molar-refractivity contribution < 1.29 is 54.2 Å². The van der Waals surface area contributed by atoms with Gasteiger partial charge in [-0.05, 0) is 30.3 Å². The van der Waals surface area contributed by atoms with Crippen molar-refractivity contribution in [3.63, 3.8) is 0 Å². The number of ether oxygens (including phenoxy) is 2. The Balaban J connectivity index is 0.00000160. The zero-order valence-electron chi connectivity index (χ0n) is 24.2. The van der Waals surface area contributed by atoms with E-state index in [2.05, 4.69) is 21.1 Å². The summed E-state index contributed by atoms with van der Waals surface area (Å²) in [7, 11) is 1.21. The Bertz CT molecular complexity index is 1800. The number of methoxy groups -OCH3 is 1. The van der Waals surface area contributed by atoms with Gasteiger partial charge in [0, 0.05) is 40.7 Å². The van der Waals surface area contributed by atoms with Crippen molar-refractivity contribution in [1.29, 1.82) is 0 Å². The molecule has 9 nitrogen and oxygen atoms in total. The van der Waals surface area contributed by atoms with Crippen LogP contribution in [0.15, 0.2) is 42.6 Å². The molecule has 0 bridgehead atoms. The highest BCUT2D eigenvalue weighted by Gasteiger charge is 2.43. The summed E-state index contributed by atoms with van der Waals surface area (Å²) < 4.78 is 120. The molecule has 0 radical (unpaired) electrons. The average Bonchev–Trinajstić information content (AvgIpc) is 3.59. The summed E-state index contributed by atoms with van der Waals surface area (Å²) in [5.41, 5.74) is 2.60. The number of nitrogens with one attached hydrogen (secondary N) is 1. The van der Waals surface area contributed by atoms with Crippen LogP contribution in [0.4, 0.5) is 35.1 Å². The predicted molar refractivity (Wildman–Crippen MR) is 153 cm³/mol. The molecule has 0 aliphatic carbocycles. The van der Waals surface area contributed by atoms with Gasteiger partial charge in [-0.15, -0.1) is 0 Å². The number of rotatable bonds is 7. The Labute approximate surface area is 265 Å². The van der Waals surface area contributed by atoms with Crippen LogP contribution in [-0.2, 0) is 11.0 Å². The number of aromatic nitrogens is 3. The van der Waals surface area contributed by atoms with Crippen molar-refractivity contribution in [3.8, 4) is 22.8 Å². The van der Waals surface area contributed by atoms with Crippen LogP contribution in [-0.4, -0.2) is 53.5 Å². The van der Waals surface area contributed by atoms with E-state index in [4.69, 9.17) is 25.9 Å². The van der Waals surface area contributed by atoms with Gasteiger partial charge in [0.05, 0.1) is 30.0 Å². The zero-order chi connectivity index (χ0) is 34.8. The molecule has 3 heterocycles. The minimum atomic E-state index is -4.92. The molecule has 18 heteroatoms. The summed E-state index contributed by atoms with van der Waals surface area (Å²) in [5.74, 6) is -3.61. The molecule has 0 fully saturated rings. The number of alkyl halides is 8. The number of pyridine rings is 1. The van der Waals surface area contributed by atoms with Crippen molar-refractivity contribution >= 4 is 34.8 Å². The summed E-state index contributed by atoms with van der Waals surface area (Å²) in [5, 5.41) is 5.33. The van der Waals surface area contributed by atoms with E-state index in [1.165, 1.54) is 19.2 Å². The molecule has 47 heavy (non-hydrogen) atoms. The van der Waals surface area contributed by atoms with Crippen molar-refractivity contribution in [2.75, 3.05) is 20.3 Å². The molecule has 0 saturated carbocycles. The fraction of sp³-hybridized carbons (Fsp3) is 0.310. The first-order valence-electron chi connectivity index (χ1n) is 13.4. The Morgan fingerprint density at radius 1 is 1.19 bits per heavy atom.